The van der Waals surface area contributed by atoms with Crippen molar-refractivity contribution in [3.8, 4) is 0 Å². The number of Topliss-reactive ketones (excluding diaryl/α,β-unsaturated/α-hetero) is 1. The number of nitrogens with zero attached hydrogens (tertiary/aromatic N) is 4. The highest BCUT2D eigenvalue weighted by atomic mass is 35.5. The van der Waals surface area contributed by atoms with Crippen molar-refractivity contribution in [1.29, 1.82) is 0 Å². The summed E-state index contributed by atoms with van der Waals surface area (Å²) < 4.78 is 5.11. The van der Waals surface area contributed by atoms with Gasteiger partial charge in [-0.05, 0) is 6.07 Å². The van der Waals surface area contributed by atoms with Crippen LogP contribution in [0.4, 0.5) is 10.6 Å². The van der Waals surface area contributed by atoms with E-state index < -0.39 is 6.09 Å². The average Bonchev–Trinajstić information content (AvgIpc) is 3.24. The molecule has 0 aliphatic rings. The number of hydrogen-bond donors (Lipinski definition) is 1. The Kier molecular flexibility index (Phi) is 5.59. The van der Waals surface area contributed by atoms with Gasteiger partial charge in [-0.15, -0.1) is 16.4 Å². The van der Waals surface area contributed by atoms with Crippen molar-refractivity contribution in [2.75, 3.05) is 5.32 Å². The molecular formula is C16H14ClN5O3S. The minimum absolute atomic E-state index is 0.0482. The third kappa shape index (κ3) is 4.64. The van der Waals surface area contributed by atoms with E-state index in [-0.39, 0.29) is 18.2 Å². The monoisotopic (exact) mass is 391 g/mol. The molecule has 26 heavy (non-hydrogen) atoms. The molecule has 0 aliphatic heterocycles. The van der Waals surface area contributed by atoms with Crippen LogP contribution in [0, 0.1) is 0 Å². The van der Waals surface area contributed by atoms with Crippen LogP contribution in [0.1, 0.15) is 28.0 Å². The molecule has 1 N–H and O–H groups in total. The number of carbonyl (C=O) groups is 2. The molecular weight excluding hydrogens is 378 g/mol. The summed E-state index contributed by atoms with van der Waals surface area (Å²) in [7, 11) is 0. The van der Waals surface area contributed by atoms with E-state index in [0.29, 0.717) is 27.8 Å². The quantitative estimate of drug-likeness (QED) is 0.646. The van der Waals surface area contributed by atoms with E-state index in [4.69, 9.17) is 16.3 Å². The molecule has 0 aliphatic carbocycles. The summed E-state index contributed by atoms with van der Waals surface area (Å²) in [6.07, 6.45) is 0.737. The second-order valence-corrected chi connectivity index (χ2v) is 6.59. The molecule has 0 unspecified atom stereocenters. The lowest BCUT2D eigenvalue weighted by Crippen LogP contribution is -2.14. The number of hydrogen-bond acceptors (Lipinski definition) is 7. The molecule has 0 bridgehead atoms. The topological polar surface area (TPSA) is 99.0 Å². The molecule has 3 aromatic rings. The van der Waals surface area contributed by atoms with E-state index in [0.717, 1.165) is 0 Å². The van der Waals surface area contributed by atoms with Crippen LogP contribution in [0.5, 0.6) is 0 Å². The first-order valence-corrected chi connectivity index (χ1v) is 8.79. The fourth-order valence-electron chi connectivity index (χ4n) is 2.00. The smallest absolute Gasteiger partial charge is 0.413 e. The second-order valence-electron chi connectivity index (χ2n) is 5.24. The number of anilines is 1. The maximum absolute atomic E-state index is 11.8. The van der Waals surface area contributed by atoms with E-state index in [9.17, 15) is 9.59 Å². The summed E-state index contributed by atoms with van der Waals surface area (Å²) in [6.45, 7) is 1.81. The number of amides is 1. The number of benzene rings is 1. The van der Waals surface area contributed by atoms with Gasteiger partial charge in [-0.3, -0.25) is 10.1 Å². The van der Waals surface area contributed by atoms with E-state index in [1.54, 1.807) is 23.6 Å². The van der Waals surface area contributed by atoms with Gasteiger partial charge in [0.15, 0.2) is 11.6 Å². The summed E-state index contributed by atoms with van der Waals surface area (Å²) in [5, 5.41) is 13.6. The maximum atomic E-state index is 11.8. The standard InChI is InChI=1S/C16H14ClN5O3S/c1-10(23)13-9-26-15(19-13)7-22-18-6-14(21-22)20-16(24)25-8-11-4-2-3-5-12(11)17/h2-6,9H,7-8H2,1H3,(H,20,21,24). The van der Waals surface area contributed by atoms with E-state index >= 15 is 0 Å². The van der Waals surface area contributed by atoms with Crippen molar-refractivity contribution >= 4 is 40.6 Å². The molecule has 0 saturated carbocycles. The number of aromatic nitrogens is 4. The van der Waals surface area contributed by atoms with E-state index in [1.807, 2.05) is 6.07 Å². The molecule has 3 rings (SSSR count). The molecule has 0 spiro atoms. The lowest BCUT2D eigenvalue weighted by atomic mass is 10.2. The van der Waals surface area contributed by atoms with Gasteiger partial charge in [0.05, 0.1) is 6.20 Å². The predicted molar refractivity (Wildman–Crippen MR) is 96.5 cm³/mol. The van der Waals surface area contributed by atoms with Gasteiger partial charge in [0.25, 0.3) is 0 Å². The molecule has 0 atom stereocenters. The van der Waals surface area contributed by atoms with Gasteiger partial charge >= 0.3 is 6.09 Å². The van der Waals surface area contributed by atoms with Gasteiger partial charge < -0.3 is 4.74 Å². The molecule has 0 saturated heterocycles. The molecule has 2 heterocycles. The fraction of sp³-hybridized carbons (Fsp3) is 0.188. The maximum Gasteiger partial charge on any atom is 0.413 e. The summed E-state index contributed by atoms with van der Waals surface area (Å²) in [5.74, 6) is 0.155. The van der Waals surface area contributed by atoms with Crippen LogP contribution in [-0.2, 0) is 17.9 Å². The van der Waals surface area contributed by atoms with E-state index in [2.05, 4.69) is 20.5 Å². The predicted octanol–water partition coefficient (Wildman–Crippen LogP) is 3.39. The molecule has 1 aromatic carbocycles. The van der Waals surface area contributed by atoms with Crippen LogP contribution in [0.2, 0.25) is 5.02 Å². The van der Waals surface area contributed by atoms with Crippen LogP contribution < -0.4 is 5.32 Å². The third-order valence-electron chi connectivity index (χ3n) is 3.27. The van der Waals surface area contributed by atoms with Crippen LogP contribution in [0.15, 0.2) is 35.8 Å². The molecule has 134 valence electrons. The van der Waals surface area contributed by atoms with Gasteiger partial charge in [0.1, 0.15) is 23.9 Å². The molecule has 0 fully saturated rings. The Bertz CT molecular complexity index is 939. The Hall–Kier alpha value is -2.78. The minimum Gasteiger partial charge on any atom is -0.444 e. The van der Waals surface area contributed by atoms with Crippen molar-refractivity contribution in [2.45, 2.75) is 20.1 Å². The summed E-state index contributed by atoms with van der Waals surface area (Å²) in [5.41, 5.74) is 1.12. The van der Waals surface area contributed by atoms with Gasteiger partial charge in [-0.2, -0.15) is 9.90 Å². The van der Waals surface area contributed by atoms with Crippen LogP contribution >= 0.6 is 22.9 Å². The first kappa shape index (κ1) is 18.0. The molecule has 10 heteroatoms. The van der Waals surface area contributed by atoms with Gasteiger partial charge in [0, 0.05) is 22.9 Å². The first-order chi connectivity index (χ1) is 12.5. The van der Waals surface area contributed by atoms with Crippen molar-refractivity contribution in [3.63, 3.8) is 0 Å². The largest absolute Gasteiger partial charge is 0.444 e. The first-order valence-electron chi connectivity index (χ1n) is 7.54. The Balaban J connectivity index is 1.53. The highest BCUT2D eigenvalue weighted by Crippen LogP contribution is 2.16. The number of ketones is 1. The lowest BCUT2D eigenvalue weighted by molar-refractivity contribution is 0.101. The van der Waals surface area contributed by atoms with Crippen molar-refractivity contribution in [3.05, 3.63) is 57.1 Å². The van der Waals surface area contributed by atoms with Gasteiger partial charge in [-0.25, -0.2) is 9.78 Å². The Morgan fingerprint density at radius 3 is 2.88 bits per heavy atom. The number of ether oxygens (including phenoxy) is 1. The Morgan fingerprint density at radius 1 is 1.35 bits per heavy atom. The average molecular weight is 392 g/mol. The third-order valence-corrected chi connectivity index (χ3v) is 4.47. The number of carbonyl (C=O) groups excluding carboxylic acids is 2. The van der Waals surface area contributed by atoms with Crippen molar-refractivity contribution < 1.29 is 14.3 Å². The van der Waals surface area contributed by atoms with Crippen LogP contribution in [0.25, 0.3) is 0 Å². The number of halogens is 1. The summed E-state index contributed by atoms with van der Waals surface area (Å²) in [4.78, 5) is 28.7. The van der Waals surface area contributed by atoms with E-state index in [1.165, 1.54) is 29.3 Å². The number of nitrogens with one attached hydrogen (secondary N) is 1. The Morgan fingerprint density at radius 2 is 2.15 bits per heavy atom. The zero-order valence-corrected chi connectivity index (χ0v) is 15.3. The number of thiazole rings is 1. The van der Waals surface area contributed by atoms with Gasteiger partial charge in [0.2, 0.25) is 0 Å². The van der Waals surface area contributed by atoms with Gasteiger partial charge in [-0.1, -0.05) is 29.8 Å². The fourth-order valence-corrected chi connectivity index (χ4v) is 2.99. The van der Waals surface area contributed by atoms with Crippen LogP contribution in [-0.4, -0.2) is 31.9 Å². The molecule has 8 nitrogen and oxygen atoms in total. The summed E-state index contributed by atoms with van der Waals surface area (Å²) in [6, 6.07) is 7.10. The molecule has 1 amide bonds. The lowest BCUT2D eigenvalue weighted by Gasteiger charge is -2.06. The number of rotatable bonds is 6. The SMILES string of the molecule is CC(=O)c1csc(Cn2ncc(NC(=O)OCc3ccccc3Cl)n2)n1. The second kappa shape index (κ2) is 8.07. The molecule has 0 radical (unpaired) electrons. The Labute approximate surface area is 157 Å². The zero-order valence-electron chi connectivity index (χ0n) is 13.7. The molecule has 2 aromatic heterocycles. The highest BCUT2D eigenvalue weighted by molar-refractivity contribution is 7.09. The minimum atomic E-state index is -0.662. The van der Waals surface area contributed by atoms with Crippen molar-refractivity contribution in [1.82, 2.24) is 20.0 Å². The van der Waals surface area contributed by atoms with Crippen molar-refractivity contribution in [2.24, 2.45) is 0 Å². The zero-order chi connectivity index (χ0) is 18.5. The normalized spacial score (nSPS) is 10.5. The van der Waals surface area contributed by atoms with Crippen LogP contribution in [0.3, 0.4) is 0 Å². The highest BCUT2D eigenvalue weighted by Gasteiger charge is 2.11. The summed E-state index contributed by atoms with van der Waals surface area (Å²) >= 11 is 7.35.